The Kier molecular flexibility index (Phi) is 7.19. The molecular formula is C23H26FN3O3. The van der Waals surface area contributed by atoms with E-state index in [1.165, 1.54) is 12.1 Å². The minimum atomic E-state index is -0.322. The first-order chi connectivity index (χ1) is 14.5. The molecule has 0 aliphatic carbocycles. The van der Waals surface area contributed by atoms with Crippen molar-refractivity contribution in [1.82, 2.24) is 15.1 Å². The van der Waals surface area contributed by atoms with E-state index in [0.717, 1.165) is 16.8 Å². The van der Waals surface area contributed by atoms with Crippen molar-refractivity contribution in [3.63, 3.8) is 0 Å². The number of rotatable bonds is 9. The first-order valence-electron chi connectivity index (χ1n) is 9.82. The Hall–Kier alpha value is -3.19. The summed E-state index contributed by atoms with van der Waals surface area (Å²) in [6.45, 7) is 4.80. The largest absolute Gasteiger partial charge is 0.439 e. The fraction of sp³-hybridized carbons (Fsp3) is 0.304. The number of nitrogens with zero attached hydrogens (tertiary/aromatic N) is 2. The van der Waals surface area contributed by atoms with Gasteiger partial charge in [-0.15, -0.1) is 0 Å². The van der Waals surface area contributed by atoms with E-state index in [-0.39, 0.29) is 11.7 Å². The second kappa shape index (κ2) is 10.0. The van der Waals surface area contributed by atoms with Gasteiger partial charge in [-0.1, -0.05) is 12.1 Å². The summed E-state index contributed by atoms with van der Waals surface area (Å²) in [5, 5.41) is 7.42. The molecule has 0 atom stereocenters. The molecule has 0 saturated carbocycles. The van der Waals surface area contributed by atoms with E-state index >= 15 is 0 Å². The summed E-state index contributed by atoms with van der Waals surface area (Å²) in [4.78, 5) is 12.2. The number of benzene rings is 2. The van der Waals surface area contributed by atoms with Crippen LogP contribution >= 0.6 is 0 Å². The second-order valence-electron chi connectivity index (χ2n) is 7.02. The lowest BCUT2D eigenvalue weighted by molar-refractivity contribution is -0.121. The molecule has 1 amide bonds. The average Bonchev–Trinajstić information content (AvgIpc) is 3.02. The molecule has 0 radical (unpaired) electrons. The van der Waals surface area contributed by atoms with Crippen LogP contribution in [0.25, 0.3) is 5.69 Å². The van der Waals surface area contributed by atoms with Gasteiger partial charge in [-0.3, -0.25) is 4.79 Å². The van der Waals surface area contributed by atoms with Crippen molar-refractivity contribution >= 4 is 5.91 Å². The summed E-state index contributed by atoms with van der Waals surface area (Å²) in [7, 11) is 1.59. The maximum Gasteiger partial charge on any atom is 0.226 e. The molecule has 0 bridgehead atoms. The number of ether oxygens (including phenoxy) is 2. The van der Waals surface area contributed by atoms with Crippen LogP contribution in [0, 0.1) is 19.7 Å². The highest BCUT2D eigenvalue weighted by atomic mass is 19.1. The third kappa shape index (κ3) is 5.45. The number of carbonyl (C=O) groups excluding carboxylic acids is 1. The summed E-state index contributed by atoms with van der Waals surface area (Å²) in [5.74, 6) is 0.803. The standard InChI is InChI=1S/C23H26FN3O3/c1-16-5-4-6-20(15-16)30-23-21(11-12-22(28)25-13-14-29-3)17(2)26-27(23)19-9-7-18(24)8-10-19/h4-10,15H,11-14H2,1-3H3,(H,25,28). The van der Waals surface area contributed by atoms with Gasteiger partial charge < -0.3 is 14.8 Å². The van der Waals surface area contributed by atoms with E-state index in [1.807, 2.05) is 38.1 Å². The Morgan fingerprint density at radius 2 is 1.93 bits per heavy atom. The molecule has 0 aliphatic heterocycles. The molecule has 6 nitrogen and oxygen atoms in total. The maximum atomic E-state index is 13.4. The van der Waals surface area contributed by atoms with Crippen LogP contribution in [-0.4, -0.2) is 35.9 Å². The minimum absolute atomic E-state index is 0.0671. The molecule has 1 aromatic heterocycles. The van der Waals surface area contributed by atoms with Crippen LogP contribution in [0.5, 0.6) is 11.6 Å². The molecule has 2 aromatic carbocycles. The van der Waals surface area contributed by atoms with Crippen molar-refractivity contribution in [3.05, 3.63) is 71.2 Å². The van der Waals surface area contributed by atoms with Crippen molar-refractivity contribution in [2.24, 2.45) is 0 Å². The van der Waals surface area contributed by atoms with E-state index in [2.05, 4.69) is 10.4 Å². The van der Waals surface area contributed by atoms with Gasteiger partial charge in [0.1, 0.15) is 11.6 Å². The van der Waals surface area contributed by atoms with Gasteiger partial charge in [0.2, 0.25) is 11.8 Å². The number of aromatic nitrogens is 2. The first-order valence-corrected chi connectivity index (χ1v) is 9.82. The Bertz CT molecular complexity index is 999. The van der Waals surface area contributed by atoms with Crippen LogP contribution < -0.4 is 10.1 Å². The molecule has 30 heavy (non-hydrogen) atoms. The number of hydrogen-bond acceptors (Lipinski definition) is 4. The summed E-state index contributed by atoms with van der Waals surface area (Å²) < 4.78 is 26.2. The molecule has 7 heteroatoms. The Balaban J connectivity index is 1.90. The van der Waals surface area contributed by atoms with Gasteiger partial charge in [-0.05, 0) is 62.2 Å². The fourth-order valence-corrected chi connectivity index (χ4v) is 3.10. The number of carbonyl (C=O) groups is 1. The topological polar surface area (TPSA) is 65.4 Å². The molecule has 0 unspecified atom stereocenters. The average molecular weight is 411 g/mol. The van der Waals surface area contributed by atoms with Gasteiger partial charge in [-0.2, -0.15) is 5.10 Å². The van der Waals surface area contributed by atoms with E-state index < -0.39 is 0 Å². The summed E-state index contributed by atoms with van der Waals surface area (Å²) >= 11 is 0. The zero-order valence-corrected chi connectivity index (χ0v) is 17.4. The SMILES string of the molecule is COCCNC(=O)CCc1c(C)nn(-c2ccc(F)cc2)c1Oc1cccc(C)c1. The van der Waals surface area contributed by atoms with Crippen molar-refractivity contribution in [2.75, 3.05) is 20.3 Å². The predicted octanol–water partition coefficient (Wildman–Crippen LogP) is 4.12. The molecule has 0 spiro atoms. The zero-order chi connectivity index (χ0) is 21.5. The number of halogens is 1. The summed E-state index contributed by atoms with van der Waals surface area (Å²) in [6, 6.07) is 13.7. The summed E-state index contributed by atoms with van der Waals surface area (Å²) in [6.07, 6.45) is 0.761. The number of hydrogen-bond donors (Lipinski definition) is 1. The third-order valence-corrected chi connectivity index (χ3v) is 4.64. The number of amides is 1. The van der Waals surface area contributed by atoms with E-state index in [4.69, 9.17) is 9.47 Å². The van der Waals surface area contributed by atoms with Crippen molar-refractivity contribution in [1.29, 1.82) is 0 Å². The van der Waals surface area contributed by atoms with Crippen LogP contribution in [0.1, 0.15) is 23.2 Å². The molecule has 3 aromatic rings. The minimum Gasteiger partial charge on any atom is -0.439 e. The molecule has 0 saturated heterocycles. The fourth-order valence-electron chi connectivity index (χ4n) is 3.10. The van der Waals surface area contributed by atoms with Crippen LogP contribution in [0.2, 0.25) is 0 Å². The van der Waals surface area contributed by atoms with E-state index in [1.54, 1.807) is 23.9 Å². The highest BCUT2D eigenvalue weighted by Gasteiger charge is 2.20. The highest BCUT2D eigenvalue weighted by molar-refractivity contribution is 5.76. The van der Waals surface area contributed by atoms with Gasteiger partial charge in [0, 0.05) is 25.6 Å². The monoisotopic (exact) mass is 411 g/mol. The predicted molar refractivity (Wildman–Crippen MR) is 113 cm³/mol. The zero-order valence-electron chi connectivity index (χ0n) is 17.4. The van der Waals surface area contributed by atoms with Gasteiger partial charge in [-0.25, -0.2) is 9.07 Å². The smallest absolute Gasteiger partial charge is 0.226 e. The van der Waals surface area contributed by atoms with Gasteiger partial charge in [0.05, 0.1) is 18.0 Å². The molecule has 3 rings (SSSR count). The van der Waals surface area contributed by atoms with Crippen LogP contribution in [0.3, 0.4) is 0 Å². The Morgan fingerprint density at radius 1 is 1.17 bits per heavy atom. The van der Waals surface area contributed by atoms with Crippen LogP contribution in [0.15, 0.2) is 48.5 Å². The Morgan fingerprint density at radius 3 is 2.63 bits per heavy atom. The molecule has 1 N–H and O–H groups in total. The van der Waals surface area contributed by atoms with Gasteiger partial charge >= 0.3 is 0 Å². The molecule has 1 heterocycles. The summed E-state index contributed by atoms with van der Waals surface area (Å²) in [5.41, 5.74) is 3.34. The molecule has 158 valence electrons. The van der Waals surface area contributed by atoms with Crippen molar-refractivity contribution in [2.45, 2.75) is 26.7 Å². The number of aryl methyl sites for hydroxylation is 2. The van der Waals surface area contributed by atoms with E-state index in [9.17, 15) is 9.18 Å². The van der Waals surface area contributed by atoms with Gasteiger partial charge in [0.25, 0.3) is 0 Å². The van der Waals surface area contributed by atoms with E-state index in [0.29, 0.717) is 43.3 Å². The number of nitrogens with one attached hydrogen (secondary N) is 1. The maximum absolute atomic E-state index is 13.4. The lowest BCUT2D eigenvalue weighted by atomic mass is 10.1. The third-order valence-electron chi connectivity index (χ3n) is 4.64. The lowest BCUT2D eigenvalue weighted by Crippen LogP contribution is -2.27. The Labute approximate surface area is 175 Å². The number of methoxy groups -OCH3 is 1. The molecule has 0 aliphatic rings. The lowest BCUT2D eigenvalue weighted by Gasteiger charge is -2.12. The quantitative estimate of drug-likeness (QED) is 0.538. The molecule has 0 fully saturated rings. The van der Waals surface area contributed by atoms with Gasteiger partial charge in [0.15, 0.2) is 0 Å². The second-order valence-corrected chi connectivity index (χ2v) is 7.02. The normalized spacial score (nSPS) is 10.8. The molecular weight excluding hydrogens is 385 g/mol. The first kappa shape index (κ1) is 21.5. The van der Waals surface area contributed by atoms with Crippen LogP contribution in [-0.2, 0) is 16.0 Å². The van der Waals surface area contributed by atoms with Crippen LogP contribution in [0.4, 0.5) is 4.39 Å². The van der Waals surface area contributed by atoms with Crippen molar-refractivity contribution < 1.29 is 18.7 Å². The van der Waals surface area contributed by atoms with Crippen molar-refractivity contribution in [3.8, 4) is 17.3 Å². The highest BCUT2D eigenvalue weighted by Crippen LogP contribution is 2.32.